The van der Waals surface area contributed by atoms with Crippen LogP contribution in [-0.4, -0.2) is 44.5 Å². The summed E-state index contributed by atoms with van der Waals surface area (Å²) in [7, 11) is 6.28. The number of rotatable bonds is 8. The van der Waals surface area contributed by atoms with Gasteiger partial charge in [0, 0.05) is 12.1 Å². The van der Waals surface area contributed by atoms with Crippen molar-refractivity contribution in [2.75, 3.05) is 28.4 Å². The molecule has 2 N–H and O–H groups in total. The molecular weight excluding hydrogens is 374 g/mol. The zero-order valence-corrected chi connectivity index (χ0v) is 16.7. The van der Waals surface area contributed by atoms with E-state index in [1.54, 1.807) is 46.6 Å². The predicted molar refractivity (Wildman–Crippen MR) is 108 cm³/mol. The summed E-state index contributed by atoms with van der Waals surface area (Å²) in [4.78, 5) is 12.7. The van der Waals surface area contributed by atoms with Crippen molar-refractivity contribution in [1.82, 2.24) is 15.5 Å². The zero-order chi connectivity index (χ0) is 20.8. The second-order valence-corrected chi connectivity index (χ2v) is 6.10. The van der Waals surface area contributed by atoms with E-state index in [2.05, 4.69) is 15.5 Å². The lowest BCUT2D eigenvalue weighted by atomic mass is 10.1. The fourth-order valence-corrected chi connectivity index (χ4v) is 2.94. The predicted octanol–water partition coefficient (Wildman–Crippen LogP) is 3.04. The smallest absolute Gasteiger partial charge is 0.255 e. The van der Waals surface area contributed by atoms with E-state index in [0.717, 1.165) is 11.1 Å². The van der Waals surface area contributed by atoms with Crippen LogP contribution in [0.5, 0.6) is 23.0 Å². The third-order valence-electron chi connectivity index (χ3n) is 4.46. The molecule has 0 saturated carbocycles. The van der Waals surface area contributed by atoms with Gasteiger partial charge in [0.15, 0.2) is 23.0 Å². The summed E-state index contributed by atoms with van der Waals surface area (Å²) < 4.78 is 21.1. The maximum absolute atomic E-state index is 12.7. The van der Waals surface area contributed by atoms with Crippen LogP contribution in [0.2, 0.25) is 0 Å². The van der Waals surface area contributed by atoms with Crippen molar-refractivity contribution in [2.24, 2.45) is 0 Å². The van der Waals surface area contributed by atoms with E-state index in [0.29, 0.717) is 40.8 Å². The van der Waals surface area contributed by atoms with Gasteiger partial charge in [-0.3, -0.25) is 9.89 Å². The molecule has 1 heterocycles. The number of hydrogen-bond acceptors (Lipinski definition) is 6. The minimum absolute atomic E-state index is 0.252. The number of aromatic nitrogens is 2. The number of hydrogen-bond donors (Lipinski definition) is 2. The highest BCUT2D eigenvalue weighted by atomic mass is 16.5. The van der Waals surface area contributed by atoms with Crippen molar-refractivity contribution in [3.8, 4) is 34.3 Å². The van der Waals surface area contributed by atoms with Gasteiger partial charge in [-0.1, -0.05) is 6.07 Å². The molecule has 0 aliphatic heterocycles. The molecule has 0 spiro atoms. The molecule has 0 saturated heterocycles. The Balaban J connectivity index is 1.78. The lowest BCUT2D eigenvalue weighted by Gasteiger charge is -2.11. The number of aromatic amines is 1. The maximum atomic E-state index is 12.7. The Bertz CT molecular complexity index is 1000. The standard InChI is InChI=1S/C21H23N3O5/c1-26-16-7-5-13(9-18(16)28-3)11-22-21(25)15-12-23-24-20(15)14-6-8-17(27-2)19(10-14)29-4/h5-10,12H,11H2,1-4H3,(H,22,25)(H,23,24). The fourth-order valence-electron chi connectivity index (χ4n) is 2.94. The molecule has 0 bridgehead atoms. The molecule has 8 heteroatoms. The second kappa shape index (κ2) is 9.01. The summed E-state index contributed by atoms with van der Waals surface area (Å²) in [5, 5.41) is 9.81. The van der Waals surface area contributed by atoms with E-state index in [1.165, 1.54) is 6.20 Å². The number of H-pyrrole nitrogens is 1. The second-order valence-electron chi connectivity index (χ2n) is 6.10. The Morgan fingerprint density at radius 3 is 2.17 bits per heavy atom. The number of carbonyl (C=O) groups is 1. The molecule has 3 aromatic rings. The van der Waals surface area contributed by atoms with E-state index in [4.69, 9.17) is 18.9 Å². The van der Waals surface area contributed by atoms with E-state index in [-0.39, 0.29) is 5.91 Å². The average molecular weight is 397 g/mol. The van der Waals surface area contributed by atoms with E-state index < -0.39 is 0 Å². The molecule has 29 heavy (non-hydrogen) atoms. The molecule has 1 amide bonds. The molecule has 0 fully saturated rings. The van der Waals surface area contributed by atoms with Gasteiger partial charge in [-0.15, -0.1) is 0 Å². The molecule has 0 atom stereocenters. The molecule has 0 aliphatic carbocycles. The molecule has 152 valence electrons. The van der Waals surface area contributed by atoms with Crippen molar-refractivity contribution < 1.29 is 23.7 Å². The van der Waals surface area contributed by atoms with Gasteiger partial charge in [0.1, 0.15) is 0 Å². The van der Waals surface area contributed by atoms with Crippen LogP contribution in [-0.2, 0) is 6.54 Å². The molecule has 3 rings (SSSR count). The van der Waals surface area contributed by atoms with Gasteiger partial charge >= 0.3 is 0 Å². The summed E-state index contributed by atoms with van der Waals surface area (Å²) in [6.45, 7) is 0.329. The number of amides is 1. The van der Waals surface area contributed by atoms with Crippen molar-refractivity contribution in [3.63, 3.8) is 0 Å². The van der Waals surface area contributed by atoms with Gasteiger partial charge in [-0.2, -0.15) is 5.10 Å². The molecule has 0 unspecified atom stereocenters. The van der Waals surface area contributed by atoms with Gasteiger partial charge in [-0.05, 0) is 35.9 Å². The van der Waals surface area contributed by atoms with Crippen LogP contribution < -0.4 is 24.3 Å². The molecule has 1 aromatic heterocycles. The lowest BCUT2D eigenvalue weighted by molar-refractivity contribution is 0.0951. The van der Waals surface area contributed by atoms with E-state index >= 15 is 0 Å². The van der Waals surface area contributed by atoms with E-state index in [1.807, 2.05) is 18.2 Å². The number of benzene rings is 2. The van der Waals surface area contributed by atoms with Gasteiger partial charge in [0.25, 0.3) is 5.91 Å². The van der Waals surface area contributed by atoms with E-state index in [9.17, 15) is 4.79 Å². The van der Waals surface area contributed by atoms with Crippen LogP contribution in [0.4, 0.5) is 0 Å². The van der Waals surface area contributed by atoms with Crippen LogP contribution in [0, 0.1) is 0 Å². The van der Waals surface area contributed by atoms with Crippen molar-refractivity contribution in [2.45, 2.75) is 6.54 Å². The first kappa shape index (κ1) is 20.1. The number of nitrogens with one attached hydrogen (secondary N) is 2. The fraction of sp³-hybridized carbons (Fsp3) is 0.238. The van der Waals surface area contributed by atoms with Crippen LogP contribution >= 0.6 is 0 Å². The zero-order valence-electron chi connectivity index (χ0n) is 16.7. The average Bonchev–Trinajstić information content (AvgIpc) is 3.26. The topological polar surface area (TPSA) is 94.7 Å². The Labute approximate surface area is 168 Å². The number of methoxy groups -OCH3 is 4. The summed E-state index contributed by atoms with van der Waals surface area (Å²) in [6, 6.07) is 10.9. The van der Waals surface area contributed by atoms with Crippen LogP contribution in [0.25, 0.3) is 11.3 Å². The first-order valence-corrected chi connectivity index (χ1v) is 8.86. The normalized spacial score (nSPS) is 10.3. The minimum atomic E-state index is -0.252. The van der Waals surface area contributed by atoms with Crippen molar-refractivity contribution in [3.05, 3.63) is 53.7 Å². The third kappa shape index (κ3) is 4.26. The highest BCUT2D eigenvalue weighted by Crippen LogP contribution is 2.33. The lowest BCUT2D eigenvalue weighted by Crippen LogP contribution is -2.23. The largest absolute Gasteiger partial charge is 0.493 e. The summed E-state index contributed by atoms with van der Waals surface area (Å²) in [5.74, 6) is 2.16. The van der Waals surface area contributed by atoms with Crippen LogP contribution in [0.15, 0.2) is 42.6 Å². The Hall–Kier alpha value is -3.68. The monoisotopic (exact) mass is 397 g/mol. The first-order valence-electron chi connectivity index (χ1n) is 8.86. The van der Waals surface area contributed by atoms with Crippen molar-refractivity contribution >= 4 is 5.91 Å². The van der Waals surface area contributed by atoms with Crippen LogP contribution in [0.3, 0.4) is 0 Å². The maximum Gasteiger partial charge on any atom is 0.255 e. The van der Waals surface area contributed by atoms with Gasteiger partial charge in [0.2, 0.25) is 0 Å². The summed E-state index contributed by atoms with van der Waals surface area (Å²) >= 11 is 0. The minimum Gasteiger partial charge on any atom is -0.493 e. The van der Waals surface area contributed by atoms with Crippen molar-refractivity contribution in [1.29, 1.82) is 0 Å². The molecule has 0 radical (unpaired) electrons. The molecule has 0 aliphatic rings. The Kier molecular flexibility index (Phi) is 6.23. The Morgan fingerprint density at radius 2 is 1.52 bits per heavy atom. The van der Waals surface area contributed by atoms with Gasteiger partial charge in [0.05, 0.1) is 45.9 Å². The quantitative estimate of drug-likeness (QED) is 0.607. The number of nitrogens with zero attached hydrogens (tertiary/aromatic N) is 1. The number of ether oxygens (including phenoxy) is 4. The summed E-state index contributed by atoms with van der Waals surface area (Å²) in [5.41, 5.74) is 2.66. The highest BCUT2D eigenvalue weighted by Gasteiger charge is 2.17. The summed E-state index contributed by atoms with van der Waals surface area (Å²) in [6.07, 6.45) is 1.50. The highest BCUT2D eigenvalue weighted by molar-refractivity contribution is 5.99. The molecule has 8 nitrogen and oxygen atoms in total. The SMILES string of the molecule is COc1ccc(CNC(=O)c2cn[nH]c2-c2ccc(OC)c(OC)c2)cc1OC. The Morgan fingerprint density at radius 1 is 0.897 bits per heavy atom. The van der Waals surface area contributed by atoms with Gasteiger partial charge in [-0.25, -0.2) is 0 Å². The third-order valence-corrected chi connectivity index (χ3v) is 4.46. The molecular formula is C21H23N3O5. The van der Waals surface area contributed by atoms with Gasteiger partial charge < -0.3 is 24.3 Å². The van der Waals surface area contributed by atoms with Crippen LogP contribution in [0.1, 0.15) is 15.9 Å². The molecule has 2 aromatic carbocycles. The first-order chi connectivity index (χ1) is 14.1. The number of carbonyl (C=O) groups excluding carboxylic acids is 1.